The van der Waals surface area contributed by atoms with Crippen LogP contribution in [0.15, 0.2) is 66.9 Å². The highest BCUT2D eigenvalue weighted by molar-refractivity contribution is 6.09. The molecule has 3 rings (SSSR count). The predicted molar refractivity (Wildman–Crippen MR) is 92.1 cm³/mol. The molecule has 4 nitrogen and oxygen atoms in total. The molecule has 0 spiro atoms. The Labute approximate surface area is 140 Å². The third kappa shape index (κ3) is 3.27. The zero-order valence-corrected chi connectivity index (χ0v) is 13.3. The quantitative estimate of drug-likeness (QED) is 0.569. The summed E-state index contributed by atoms with van der Waals surface area (Å²) in [4.78, 5) is 27.0. The van der Waals surface area contributed by atoms with Crippen LogP contribution < -0.4 is 0 Å². The summed E-state index contributed by atoms with van der Waals surface area (Å²) in [6, 6.07) is 18.9. The van der Waals surface area contributed by atoms with Crippen LogP contribution in [-0.4, -0.2) is 23.3 Å². The van der Waals surface area contributed by atoms with Gasteiger partial charge in [-0.1, -0.05) is 54.6 Å². The number of hydrogen-bond donors (Lipinski definition) is 1. The van der Waals surface area contributed by atoms with Gasteiger partial charge in [-0.3, -0.25) is 4.79 Å². The third-order valence-corrected chi connectivity index (χ3v) is 3.69. The molecule has 0 aliphatic heterocycles. The molecule has 0 saturated carbocycles. The molecule has 0 atom stereocenters. The number of ketones is 1. The van der Waals surface area contributed by atoms with Crippen LogP contribution in [0.3, 0.4) is 0 Å². The van der Waals surface area contributed by atoms with E-state index in [0.29, 0.717) is 23.4 Å². The van der Waals surface area contributed by atoms with Gasteiger partial charge in [0.2, 0.25) is 5.78 Å². The maximum absolute atomic E-state index is 12.5. The molecule has 2 aromatic carbocycles. The molecule has 4 heteroatoms. The number of hydrogen-bond acceptors (Lipinski definition) is 3. The van der Waals surface area contributed by atoms with Gasteiger partial charge in [-0.15, -0.1) is 0 Å². The fraction of sp³-hybridized carbons (Fsp3) is 0.100. The van der Waals surface area contributed by atoms with Crippen LogP contribution in [0.5, 0.6) is 0 Å². The number of aromatic nitrogens is 1. The first kappa shape index (κ1) is 15.7. The molecule has 0 aliphatic rings. The second-order valence-corrected chi connectivity index (χ2v) is 5.29. The Balaban J connectivity index is 1.79. The number of nitrogens with one attached hydrogen (secondary N) is 1. The van der Waals surface area contributed by atoms with Crippen LogP contribution >= 0.6 is 0 Å². The van der Waals surface area contributed by atoms with Gasteiger partial charge in [0.15, 0.2) is 0 Å². The summed E-state index contributed by atoms with van der Waals surface area (Å²) in [5.74, 6) is -0.600. The van der Waals surface area contributed by atoms with Gasteiger partial charge in [-0.05, 0) is 24.1 Å². The van der Waals surface area contributed by atoms with Crippen molar-refractivity contribution >= 4 is 11.8 Å². The van der Waals surface area contributed by atoms with Crippen molar-refractivity contribution < 1.29 is 14.3 Å². The summed E-state index contributed by atoms with van der Waals surface area (Å²) in [7, 11) is 0. The van der Waals surface area contributed by atoms with E-state index in [1.54, 1.807) is 19.1 Å². The molecule has 0 aliphatic carbocycles. The lowest BCUT2D eigenvalue weighted by molar-refractivity contribution is 0.0526. The Morgan fingerprint density at radius 3 is 2.25 bits per heavy atom. The maximum atomic E-state index is 12.5. The lowest BCUT2D eigenvalue weighted by atomic mass is 10.0. The number of ether oxygens (including phenoxy) is 1. The van der Waals surface area contributed by atoms with Crippen molar-refractivity contribution in [2.75, 3.05) is 6.61 Å². The summed E-state index contributed by atoms with van der Waals surface area (Å²) in [6.45, 7) is 2.04. The Kier molecular flexibility index (Phi) is 4.57. The van der Waals surface area contributed by atoms with Crippen molar-refractivity contribution in [3.05, 3.63) is 83.7 Å². The van der Waals surface area contributed by atoms with Crippen molar-refractivity contribution in [2.24, 2.45) is 0 Å². The molecular weight excluding hydrogens is 302 g/mol. The highest BCUT2D eigenvalue weighted by Gasteiger charge is 2.15. The molecular formula is C20H17NO3. The monoisotopic (exact) mass is 319 g/mol. The average molecular weight is 319 g/mol. The smallest absolute Gasteiger partial charge is 0.339 e. The zero-order chi connectivity index (χ0) is 16.9. The molecule has 0 amide bonds. The van der Waals surface area contributed by atoms with E-state index in [9.17, 15) is 9.59 Å². The fourth-order valence-electron chi connectivity index (χ4n) is 2.46. The van der Waals surface area contributed by atoms with Crippen molar-refractivity contribution in [3.63, 3.8) is 0 Å². The number of H-pyrrole nitrogens is 1. The molecule has 0 bridgehead atoms. The summed E-state index contributed by atoms with van der Waals surface area (Å²) in [5.41, 5.74) is 3.42. The van der Waals surface area contributed by atoms with Crippen LogP contribution in [0.25, 0.3) is 11.1 Å². The molecule has 1 N–H and O–H groups in total. The molecule has 3 aromatic rings. The Hall–Kier alpha value is -3.14. The minimum Gasteiger partial charge on any atom is -0.462 e. The lowest BCUT2D eigenvalue weighted by Gasteiger charge is -2.03. The minimum atomic E-state index is -0.438. The second kappa shape index (κ2) is 6.96. The highest BCUT2D eigenvalue weighted by Crippen LogP contribution is 2.20. The molecule has 1 aromatic heterocycles. The van der Waals surface area contributed by atoms with Crippen molar-refractivity contribution in [2.45, 2.75) is 6.92 Å². The minimum absolute atomic E-state index is 0.162. The standard InChI is InChI=1S/C20H17NO3/c1-2-24-20(23)17-12-18(21-13-17)19(22)16-10-8-15(9-11-16)14-6-4-3-5-7-14/h3-13,21H,2H2,1H3. The van der Waals surface area contributed by atoms with E-state index in [0.717, 1.165) is 11.1 Å². The summed E-state index contributed by atoms with van der Waals surface area (Å²) < 4.78 is 4.92. The van der Waals surface area contributed by atoms with Gasteiger partial charge in [0.05, 0.1) is 17.9 Å². The van der Waals surface area contributed by atoms with Crippen LogP contribution in [0, 0.1) is 0 Å². The van der Waals surface area contributed by atoms with E-state index in [-0.39, 0.29) is 5.78 Å². The number of carbonyl (C=O) groups is 2. The molecule has 24 heavy (non-hydrogen) atoms. The van der Waals surface area contributed by atoms with E-state index < -0.39 is 5.97 Å². The molecule has 0 unspecified atom stereocenters. The van der Waals surface area contributed by atoms with Crippen molar-refractivity contribution in [3.8, 4) is 11.1 Å². The summed E-state index contributed by atoms with van der Waals surface area (Å²) in [6.07, 6.45) is 1.49. The summed E-state index contributed by atoms with van der Waals surface area (Å²) in [5, 5.41) is 0. The van der Waals surface area contributed by atoms with Crippen LogP contribution in [0.2, 0.25) is 0 Å². The third-order valence-electron chi connectivity index (χ3n) is 3.69. The van der Waals surface area contributed by atoms with Crippen LogP contribution in [0.4, 0.5) is 0 Å². The fourth-order valence-corrected chi connectivity index (χ4v) is 2.46. The lowest BCUT2D eigenvalue weighted by Crippen LogP contribution is -2.03. The first-order valence-electron chi connectivity index (χ1n) is 7.74. The largest absolute Gasteiger partial charge is 0.462 e. The number of carbonyl (C=O) groups excluding carboxylic acids is 2. The van der Waals surface area contributed by atoms with Crippen LogP contribution in [-0.2, 0) is 4.74 Å². The van der Waals surface area contributed by atoms with E-state index in [4.69, 9.17) is 4.74 Å². The second-order valence-electron chi connectivity index (χ2n) is 5.29. The van der Waals surface area contributed by atoms with Gasteiger partial charge in [-0.25, -0.2) is 4.79 Å². The van der Waals surface area contributed by atoms with E-state index in [2.05, 4.69) is 4.98 Å². The Morgan fingerprint density at radius 1 is 0.917 bits per heavy atom. The Bertz CT molecular complexity index is 848. The van der Waals surface area contributed by atoms with Gasteiger partial charge < -0.3 is 9.72 Å². The molecule has 1 heterocycles. The predicted octanol–water partition coefficient (Wildman–Crippen LogP) is 4.09. The van der Waals surface area contributed by atoms with Gasteiger partial charge >= 0.3 is 5.97 Å². The van der Waals surface area contributed by atoms with Crippen molar-refractivity contribution in [1.82, 2.24) is 4.98 Å². The van der Waals surface area contributed by atoms with Gasteiger partial charge in [0, 0.05) is 11.8 Å². The number of benzene rings is 2. The van der Waals surface area contributed by atoms with Gasteiger partial charge in [0.1, 0.15) is 0 Å². The topological polar surface area (TPSA) is 59.2 Å². The Morgan fingerprint density at radius 2 is 1.58 bits per heavy atom. The average Bonchev–Trinajstić information content (AvgIpc) is 3.12. The van der Waals surface area contributed by atoms with Gasteiger partial charge in [0.25, 0.3) is 0 Å². The first-order chi connectivity index (χ1) is 11.7. The van der Waals surface area contributed by atoms with E-state index in [1.165, 1.54) is 12.3 Å². The molecule has 0 saturated heterocycles. The van der Waals surface area contributed by atoms with Gasteiger partial charge in [-0.2, -0.15) is 0 Å². The number of rotatable bonds is 5. The van der Waals surface area contributed by atoms with E-state index >= 15 is 0 Å². The molecule has 120 valence electrons. The SMILES string of the molecule is CCOC(=O)c1c[nH]c(C(=O)c2ccc(-c3ccccc3)cc2)c1. The highest BCUT2D eigenvalue weighted by atomic mass is 16.5. The number of aromatic amines is 1. The number of esters is 1. The van der Waals surface area contributed by atoms with Crippen molar-refractivity contribution in [1.29, 1.82) is 0 Å². The summed E-state index contributed by atoms with van der Waals surface area (Å²) >= 11 is 0. The molecule has 0 radical (unpaired) electrons. The molecule has 0 fully saturated rings. The zero-order valence-electron chi connectivity index (χ0n) is 13.3. The van der Waals surface area contributed by atoms with Crippen LogP contribution in [0.1, 0.15) is 33.3 Å². The first-order valence-corrected chi connectivity index (χ1v) is 7.74. The normalized spacial score (nSPS) is 10.4. The maximum Gasteiger partial charge on any atom is 0.339 e. The van der Waals surface area contributed by atoms with E-state index in [1.807, 2.05) is 42.5 Å².